The normalized spacial score (nSPS) is 12.1. The second kappa shape index (κ2) is 9.17. The number of aromatic nitrogens is 1. The van der Waals surface area contributed by atoms with E-state index < -0.39 is 15.9 Å². The molecule has 1 heterocycles. The van der Waals surface area contributed by atoms with Crippen LogP contribution in [0.2, 0.25) is 0 Å². The second-order valence-corrected chi connectivity index (χ2v) is 10.3. The maximum absolute atomic E-state index is 12.9. The minimum Gasteiger partial charge on any atom is -0.312 e. The van der Waals surface area contributed by atoms with Crippen LogP contribution < -0.4 is 9.52 Å². The zero-order chi connectivity index (χ0) is 23.6. The van der Waals surface area contributed by atoms with Crippen molar-refractivity contribution < 1.29 is 13.2 Å². The lowest BCUT2D eigenvalue weighted by molar-refractivity contribution is 0.0998. The lowest BCUT2D eigenvalue weighted by Gasteiger charge is -2.08. The number of sulfonamides is 1. The first-order chi connectivity index (χ1) is 15.8. The van der Waals surface area contributed by atoms with Crippen molar-refractivity contribution in [2.24, 2.45) is 4.99 Å². The van der Waals surface area contributed by atoms with Crippen molar-refractivity contribution in [1.82, 2.24) is 4.57 Å². The standard InChI is InChI=1S/C25H23N3O3S2/c1-4-14-28-22-16-17(2)15-18(3)23(22)32-25(28)26-24(29)19-10-12-20(13-11-19)27-33(30,31)21-8-6-5-7-9-21/h4-13,15-16,27H,1,14H2,2-3H3. The molecule has 0 spiro atoms. The average Bonchev–Trinajstić information content (AvgIpc) is 3.12. The Kier molecular flexibility index (Phi) is 6.31. The Bertz CT molecular complexity index is 1520. The molecule has 168 valence electrons. The van der Waals surface area contributed by atoms with E-state index in [9.17, 15) is 13.2 Å². The van der Waals surface area contributed by atoms with Crippen LogP contribution in [0, 0.1) is 13.8 Å². The van der Waals surface area contributed by atoms with Crippen LogP contribution in [0.5, 0.6) is 0 Å². The molecule has 6 nitrogen and oxygen atoms in total. The van der Waals surface area contributed by atoms with Crippen molar-refractivity contribution in [2.45, 2.75) is 25.3 Å². The van der Waals surface area contributed by atoms with Crippen LogP contribution >= 0.6 is 11.3 Å². The third-order valence-corrected chi connectivity index (χ3v) is 7.69. The predicted molar refractivity (Wildman–Crippen MR) is 133 cm³/mol. The number of rotatable bonds is 6. The number of nitrogens with zero attached hydrogens (tertiary/aromatic N) is 2. The van der Waals surface area contributed by atoms with E-state index in [1.165, 1.54) is 23.5 Å². The van der Waals surface area contributed by atoms with Gasteiger partial charge in [0.15, 0.2) is 4.80 Å². The monoisotopic (exact) mass is 477 g/mol. The summed E-state index contributed by atoms with van der Waals surface area (Å²) in [6, 6.07) is 18.5. The molecule has 0 aliphatic rings. The van der Waals surface area contributed by atoms with Gasteiger partial charge in [0.05, 0.1) is 15.1 Å². The number of carbonyl (C=O) groups excluding carboxylic acids is 1. The third-order valence-electron chi connectivity index (χ3n) is 5.06. The Balaban J connectivity index is 1.64. The first kappa shape index (κ1) is 22.7. The summed E-state index contributed by atoms with van der Waals surface area (Å²) >= 11 is 1.47. The first-order valence-corrected chi connectivity index (χ1v) is 12.6. The molecule has 0 saturated heterocycles. The molecule has 0 aliphatic heterocycles. The Morgan fingerprint density at radius 2 is 1.79 bits per heavy atom. The number of carbonyl (C=O) groups is 1. The molecule has 33 heavy (non-hydrogen) atoms. The fourth-order valence-electron chi connectivity index (χ4n) is 3.55. The van der Waals surface area contributed by atoms with Gasteiger partial charge in [-0.15, -0.1) is 6.58 Å². The highest BCUT2D eigenvalue weighted by molar-refractivity contribution is 7.92. The number of aryl methyl sites for hydroxylation is 2. The predicted octanol–water partition coefficient (Wildman–Crippen LogP) is 5.05. The van der Waals surface area contributed by atoms with Crippen molar-refractivity contribution >= 4 is 43.2 Å². The van der Waals surface area contributed by atoms with Gasteiger partial charge in [0.25, 0.3) is 15.9 Å². The number of anilines is 1. The van der Waals surface area contributed by atoms with E-state index in [1.807, 2.05) is 18.4 Å². The number of hydrogen-bond acceptors (Lipinski definition) is 4. The summed E-state index contributed by atoms with van der Waals surface area (Å²) in [6.45, 7) is 8.45. The minimum absolute atomic E-state index is 0.169. The van der Waals surface area contributed by atoms with Gasteiger partial charge < -0.3 is 4.57 Å². The van der Waals surface area contributed by atoms with Crippen LogP contribution in [0.15, 0.2) is 89.3 Å². The van der Waals surface area contributed by atoms with Gasteiger partial charge >= 0.3 is 0 Å². The molecular weight excluding hydrogens is 454 g/mol. The number of fused-ring (bicyclic) bond motifs is 1. The first-order valence-electron chi connectivity index (χ1n) is 10.3. The summed E-state index contributed by atoms with van der Waals surface area (Å²) in [5, 5.41) is 0. The zero-order valence-electron chi connectivity index (χ0n) is 18.3. The van der Waals surface area contributed by atoms with Crippen LogP contribution in [0.4, 0.5) is 5.69 Å². The van der Waals surface area contributed by atoms with Crippen molar-refractivity contribution in [3.05, 3.63) is 101 Å². The molecule has 4 rings (SSSR count). The number of hydrogen-bond donors (Lipinski definition) is 1. The summed E-state index contributed by atoms with van der Waals surface area (Å²) in [7, 11) is -3.70. The summed E-state index contributed by atoms with van der Waals surface area (Å²) < 4.78 is 30.6. The van der Waals surface area contributed by atoms with Crippen molar-refractivity contribution in [3.63, 3.8) is 0 Å². The highest BCUT2D eigenvalue weighted by atomic mass is 32.2. The topological polar surface area (TPSA) is 80.5 Å². The molecular formula is C25H23N3O3S2. The van der Waals surface area contributed by atoms with Gasteiger partial charge in [-0.25, -0.2) is 8.42 Å². The number of amides is 1. The maximum atomic E-state index is 12.9. The Labute approximate surface area is 196 Å². The van der Waals surface area contributed by atoms with E-state index in [-0.39, 0.29) is 4.90 Å². The molecule has 1 amide bonds. The molecule has 0 fully saturated rings. The molecule has 0 saturated carbocycles. The Morgan fingerprint density at radius 3 is 2.45 bits per heavy atom. The number of nitrogens with one attached hydrogen (secondary N) is 1. The van der Waals surface area contributed by atoms with Gasteiger partial charge in [-0.05, 0) is 67.4 Å². The van der Waals surface area contributed by atoms with Gasteiger partial charge in [0.2, 0.25) is 0 Å². The molecule has 1 aromatic heterocycles. The molecule has 0 radical (unpaired) electrons. The summed E-state index contributed by atoms with van der Waals surface area (Å²) in [4.78, 5) is 18.0. The number of benzene rings is 3. The quantitative estimate of drug-likeness (QED) is 0.395. The third kappa shape index (κ3) is 4.81. The average molecular weight is 478 g/mol. The van der Waals surface area contributed by atoms with Crippen molar-refractivity contribution in [1.29, 1.82) is 0 Å². The Hall–Kier alpha value is -3.49. The summed E-state index contributed by atoms with van der Waals surface area (Å²) in [5.41, 5.74) is 4.03. The van der Waals surface area contributed by atoms with Crippen molar-refractivity contribution in [3.8, 4) is 0 Å². The van der Waals surface area contributed by atoms with E-state index in [0.717, 1.165) is 21.3 Å². The van der Waals surface area contributed by atoms with Crippen molar-refractivity contribution in [2.75, 3.05) is 4.72 Å². The highest BCUT2D eigenvalue weighted by Crippen LogP contribution is 2.24. The molecule has 0 bridgehead atoms. The number of allylic oxidation sites excluding steroid dienone is 1. The molecule has 0 atom stereocenters. The van der Waals surface area contributed by atoms with Gasteiger partial charge in [0, 0.05) is 17.8 Å². The molecule has 3 aromatic carbocycles. The van der Waals surface area contributed by atoms with Gasteiger partial charge in [-0.1, -0.05) is 41.7 Å². The molecule has 0 aliphatic carbocycles. The van der Waals surface area contributed by atoms with Gasteiger partial charge in [-0.3, -0.25) is 9.52 Å². The Morgan fingerprint density at radius 1 is 1.09 bits per heavy atom. The SMILES string of the molecule is C=CCn1c(=NC(=O)c2ccc(NS(=O)(=O)c3ccccc3)cc2)sc2c(C)cc(C)cc21. The van der Waals surface area contributed by atoms with Gasteiger partial charge in [0.1, 0.15) is 0 Å². The van der Waals surface area contributed by atoms with Crippen LogP contribution in [-0.2, 0) is 16.6 Å². The van der Waals surface area contributed by atoms with E-state index in [1.54, 1.807) is 48.5 Å². The fourth-order valence-corrected chi connectivity index (χ4v) is 5.72. The van der Waals surface area contributed by atoms with E-state index >= 15 is 0 Å². The zero-order valence-corrected chi connectivity index (χ0v) is 19.9. The molecule has 1 N–H and O–H groups in total. The van der Waals surface area contributed by atoms with E-state index in [4.69, 9.17) is 0 Å². The second-order valence-electron chi connectivity index (χ2n) is 7.63. The van der Waals surface area contributed by atoms with Crippen LogP contribution in [0.3, 0.4) is 0 Å². The lowest BCUT2D eigenvalue weighted by atomic mass is 10.1. The largest absolute Gasteiger partial charge is 0.312 e. The molecule has 4 aromatic rings. The molecule has 0 unspecified atom stereocenters. The van der Waals surface area contributed by atoms with Crippen LogP contribution in [0.25, 0.3) is 10.2 Å². The van der Waals surface area contributed by atoms with E-state index in [2.05, 4.69) is 28.4 Å². The summed E-state index contributed by atoms with van der Waals surface area (Å²) in [6.07, 6.45) is 1.78. The maximum Gasteiger partial charge on any atom is 0.279 e. The highest BCUT2D eigenvalue weighted by Gasteiger charge is 2.14. The van der Waals surface area contributed by atoms with Crippen LogP contribution in [0.1, 0.15) is 21.5 Å². The van der Waals surface area contributed by atoms with Gasteiger partial charge in [-0.2, -0.15) is 4.99 Å². The summed E-state index contributed by atoms with van der Waals surface area (Å²) in [5.74, 6) is -0.397. The van der Waals surface area contributed by atoms with Crippen LogP contribution in [-0.4, -0.2) is 18.9 Å². The lowest BCUT2D eigenvalue weighted by Crippen LogP contribution is -2.16. The number of thiazole rings is 1. The fraction of sp³-hybridized carbons (Fsp3) is 0.120. The molecule has 8 heteroatoms. The smallest absolute Gasteiger partial charge is 0.279 e. The van der Waals surface area contributed by atoms with E-state index in [0.29, 0.717) is 22.6 Å². The minimum atomic E-state index is -3.70.